The molecule has 0 spiro atoms. The van der Waals surface area contributed by atoms with Crippen molar-refractivity contribution < 1.29 is 13.9 Å². The zero-order chi connectivity index (χ0) is 14.0. The summed E-state index contributed by atoms with van der Waals surface area (Å²) in [5.41, 5.74) is 0.676. The summed E-state index contributed by atoms with van der Waals surface area (Å²) >= 11 is 8.89. The number of benzene rings is 2. The minimum absolute atomic E-state index is 0.00894. The Morgan fingerprint density at radius 2 is 2.00 bits per heavy atom. The van der Waals surface area contributed by atoms with Crippen LogP contribution in [0.15, 0.2) is 40.9 Å². The second-order valence-corrected chi connectivity index (χ2v) is 5.07. The molecule has 0 saturated heterocycles. The maximum Gasteiger partial charge on any atom is 0.194 e. The van der Waals surface area contributed by atoms with Gasteiger partial charge in [0.05, 0.1) is 12.1 Å². The second kappa shape index (κ2) is 5.72. The third kappa shape index (κ3) is 2.96. The second-order valence-electron chi connectivity index (χ2n) is 3.80. The Kier molecular flexibility index (Phi) is 4.22. The molecule has 5 heteroatoms. The van der Waals surface area contributed by atoms with E-state index < -0.39 is 5.82 Å². The van der Waals surface area contributed by atoms with Gasteiger partial charge in [0.2, 0.25) is 0 Å². The first-order valence-corrected chi connectivity index (χ1v) is 6.53. The summed E-state index contributed by atoms with van der Waals surface area (Å²) in [6.07, 6.45) is 0. The molecule has 0 amide bonds. The molecule has 0 N–H and O–H groups in total. The Hall–Kier alpha value is -1.39. The summed E-state index contributed by atoms with van der Waals surface area (Å²) in [4.78, 5) is 12.2. The molecule has 0 bridgehead atoms. The van der Waals surface area contributed by atoms with Gasteiger partial charge in [0.1, 0.15) is 11.6 Å². The van der Waals surface area contributed by atoms with Crippen LogP contribution in [0.25, 0.3) is 0 Å². The van der Waals surface area contributed by atoms with E-state index in [2.05, 4.69) is 15.9 Å². The highest BCUT2D eigenvalue weighted by atomic mass is 79.9. The minimum Gasteiger partial charge on any atom is -0.497 e. The number of rotatable bonds is 3. The van der Waals surface area contributed by atoms with Crippen LogP contribution in [-0.2, 0) is 0 Å². The molecule has 98 valence electrons. The van der Waals surface area contributed by atoms with E-state index in [1.165, 1.54) is 19.2 Å². The van der Waals surface area contributed by atoms with Crippen LogP contribution in [0.1, 0.15) is 15.9 Å². The van der Waals surface area contributed by atoms with Gasteiger partial charge in [-0.2, -0.15) is 0 Å². The van der Waals surface area contributed by atoms with E-state index in [0.29, 0.717) is 15.8 Å². The van der Waals surface area contributed by atoms with E-state index in [1.54, 1.807) is 18.2 Å². The predicted octanol–water partition coefficient (Wildman–Crippen LogP) is 4.48. The number of carbonyl (C=O) groups excluding carboxylic acids is 1. The lowest BCUT2D eigenvalue weighted by atomic mass is 10.0. The molecular formula is C14H9BrClFO2. The van der Waals surface area contributed by atoms with Crippen molar-refractivity contribution in [3.63, 3.8) is 0 Å². The first-order valence-electron chi connectivity index (χ1n) is 5.36. The molecule has 19 heavy (non-hydrogen) atoms. The van der Waals surface area contributed by atoms with Gasteiger partial charge in [-0.25, -0.2) is 4.39 Å². The van der Waals surface area contributed by atoms with Crippen LogP contribution in [-0.4, -0.2) is 12.9 Å². The highest BCUT2D eigenvalue weighted by Crippen LogP contribution is 2.26. The average molecular weight is 344 g/mol. The maximum atomic E-state index is 13.4. The topological polar surface area (TPSA) is 26.3 Å². The highest BCUT2D eigenvalue weighted by Gasteiger charge is 2.14. The monoisotopic (exact) mass is 342 g/mol. The van der Waals surface area contributed by atoms with Crippen molar-refractivity contribution in [3.8, 4) is 5.75 Å². The van der Waals surface area contributed by atoms with Crippen LogP contribution >= 0.6 is 27.5 Å². The molecule has 0 heterocycles. The number of ketones is 1. The third-order valence-electron chi connectivity index (χ3n) is 2.60. The third-order valence-corrected chi connectivity index (χ3v) is 3.57. The van der Waals surface area contributed by atoms with Gasteiger partial charge in [-0.05, 0) is 52.3 Å². The highest BCUT2D eigenvalue weighted by molar-refractivity contribution is 9.10. The molecule has 0 aromatic heterocycles. The number of ether oxygens (including phenoxy) is 1. The molecule has 2 aromatic carbocycles. The average Bonchev–Trinajstić information content (AvgIpc) is 2.41. The number of methoxy groups -OCH3 is 1. The number of carbonyl (C=O) groups is 1. The molecule has 0 aliphatic heterocycles. The summed E-state index contributed by atoms with van der Waals surface area (Å²) in [5.74, 6) is -0.270. The van der Waals surface area contributed by atoms with Gasteiger partial charge in [0.25, 0.3) is 0 Å². The van der Waals surface area contributed by atoms with Gasteiger partial charge in [-0.3, -0.25) is 4.79 Å². The summed E-state index contributed by atoms with van der Waals surface area (Å²) in [6, 6.07) is 8.95. The van der Waals surface area contributed by atoms with Gasteiger partial charge in [0, 0.05) is 15.6 Å². The smallest absolute Gasteiger partial charge is 0.194 e. The van der Waals surface area contributed by atoms with Crippen LogP contribution in [0, 0.1) is 5.82 Å². The molecule has 2 rings (SSSR count). The van der Waals surface area contributed by atoms with Crippen LogP contribution in [0.5, 0.6) is 5.75 Å². The van der Waals surface area contributed by atoms with Gasteiger partial charge in [-0.1, -0.05) is 11.6 Å². The molecule has 0 fully saturated rings. The first-order chi connectivity index (χ1) is 9.02. The van der Waals surface area contributed by atoms with E-state index in [4.69, 9.17) is 16.3 Å². The lowest BCUT2D eigenvalue weighted by Crippen LogP contribution is -2.03. The van der Waals surface area contributed by atoms with E-state index >= 15 is 0 Å². The quantitative estimate of drug-likeness (QED) is 0.768. The van der Waals surface area contributed by atoms with Crippen molar-refractivity contribution >= 4 is 33.3 Å². The Morgan fingerprint density at radius 1 is 1.26 bits per heavy atom. The van der Waals surface area contributed by atoms with Crippen LogP contribution in [0.4, 0.5) is 4.39 Å². The number of hydrogen-bond donors (Lipinski definition) is 0. The zero-order valence-corrected chi connectivity index (χ0v) is 12.3. The SMILES string of the molecule is COc1ccc(C(=O)c2ccc(Cl)c(F)c2)c(Br)c1. The maximum absolute atomic E-state index is 13.4. The molecule has 0 atom stereocenters. The summed E-state index contributed by atoms with van der Waals surface area (Å²) in [5, 5.41) is -0.00894. The number of halogens is 3. The number of hydrogen-bond acceptors (Lipinski definition) is 2. The fourth-order valence-electron chi connectivity index (χ4n) is 1.60. The lowest BCUT2D eigenvalue weighted by molar-refractivity contribution is 0.103. The molecule has 0 aliphatic carbocycles. The van der Waals surface area contributed by atoms with Gasteiger partial charge in [-0.15, -0.1) is 0 Å². The van der Waals surface area contributed by atoms with Crippen molar-refractivity contribution in [2.45, 2.75) is 0 Å². The van der Waals surface area contributed by atoms with E-state index in [9.17, 15) is 9.18 Å². The zero-order valence-electron chi connectivity index (χ0n) is 9.91. The Labute approximate surface area is 123 Å². The summed E-state index contributed by atoms with van der Waals surface area (Å²) < 4.78 is 19.0. The van der Waals surface area contributed by atoms with E-state index in [0.717, 1.165) is 6.07 Å². The Bertz CT molecular complexity index is 643. The Morgan fingerprint density at radius 3 is 2.58 bits per heavy atom. The largest absolute Gasteiger partial charge is 0.497 e. The van der Waals surface area contributed by atoms with Crippen molar-refractivity contribution in [3.05, 3.63) is 62.8 Å². The summed E-state index contributed by atoms with van der Waals surface area (Å²) in [6.45, 7) is 0. The van der Waals surface area contributed by atoms with E-state index in [-0.39, 0.29) is 16.4 Å². The summed E-state index contributed by atoms with van der Waals surface area (Å²) in [7, 11) is 1.54. The van der Waals surface area contributed by atoms with E-state index in [1.807, 2.05) is 0 Å². The molecule has 0 aliphatic rings. The molecule has 0 saturated carbocycles. The minimum atomic E-state index is -0.614. The molecule has 0 unspecified atom stereocenters. The van der Waals surface area contributed by atoms with Crippen molar-refractivity contribution in [2.24, 2.45) is 0 Å². The molecule has 0 radical (unpaired) electrons. The molecular weight excluding hydrogens is 335 g/mol. The predicted molar refractivity (Wildman–Crippen MR) is 75.5 cm³/mol. The van der Waals surface area contributed by atoms with Crippen molar-refractivity contribution in [1.29, 1.82) is 0 Å². The fourth-order valence-corrected chi connectivity index (χ4v) is 2.26. The van der Waals surface area contributed by atoms with Crippen molar-refractivity contribution in [2.75, 3.05) is 7.11 Å². The van der Waals surface area contributed by atoms with Gasteiger partial charge < -0.3 is 4.74 Å². The first kappa shape index (κ1) is 14.0. The van der Waals surface area contributed by atoms with Crippen LogP contribution < -0.4 is 4.74 Å². The van der Waals surface area contributed by atoms with Crippen LogP contribution in [0.2, 0.25) is 5.02 Å². The normalized spacial score (nSPS) is 10.3. The van der Waals surface area contributed by atoms with Gasteiger partial charge >= 0.3 is 0 Å². The Balaban J connectivity index is 2.41. The van der Waals surface area contributed by atoms with Crippen molar-refractivity contribution in [1.82, 2.24) is 0 Å². The molecule has 2 aromatic rings. The lowest BCUT2D eigenvalue weighted by Gasteiger charge is -2.07. The molecule has 2 nitrogen and oxygen atoms in total. The standard InChI is InChI=1S/C14H9BrClFO2/c1-19-9-3-4-10(11(15)7-9)14(18)8-2-5-12(16)13(17)6-8/h2-7H,1H3. The fraction of sp³-hybridized carbons (Fsp3) is 0.0714. The van der Waals surface area contributed by atoms with Gasteiger partial charge in [0.15, 0.2) is 5.78 Å². The van der Waals surface area contributed by atoms with Crippen LogP contribution in [0.3, 0.4) is 0 Å².